The van der Waals surface area contributed by atoms with Gasteiger partial charge < -0.3 is 15.5 Å². The summed E-state index contributed by atoms with van der Waals surface area (Å²) in [5.74, 6) is -0.0288. The molecule has 4 heteroatoms. The molecule has 0 aliphatic rings. The Hall–Kier alpha value is -1.81. The van der Waals surface area contributed by atoms with Crippen LogP contribution < -0.4 is 11.1 Å². The summed E-state index contributed by atoms with van der Waals surface area (Å²) in [6.07, 6.45) is 1.99. The second-order valence-corrected chi connectivity index (χ2v) is 5.03. The molecule has 0 spiro atoms. The number of nitrogens with one attached hydrogen (secondary N) is 1. The monoisotopic (exact) mass is 260 g/mol. The number of nitrogens with two attached hydrogens (primary N) is 1. The van der Waals surface area contributed by atoms with Gasteiger partial charge >= 0.3 is 0 Å². The summed E-state index contributed by atoms with van der Waals surface area (Å²) in [7, 11) is 0. The molecule has 3 N–H and O–H groups in total. The lowest BCUT2D eigenvalue weighted by Crippen LogP contribution is -2.38. The number of benzene rings is 1. The summed E-state index contributed by atoms with van der Waals surface area (Å²) >= 11 is 0. The molecule has 1 aromatic heterocycles. The van der Waals surface area contributed by atoms with Crippen molar-refractivity contribution in [1.29, 1.82) is 0 Å². The van der Waals surface area contributed by atoms with E-state index < -0.39 is 0 Å². The van der Waals surface area contributed by atoms with Crippen molar-refractivity contribution in [2.45, 2.75) is 33.2 Å². The fraction of sp³-hybridized carbons (Fsp3) is 0.400. The van der Waals surface area contributed by atoms with E-state index >= 15 is 0 Å². The van der Waals surface area contributed by atoms with Crippen LogP contribution in [0.5, 0.6) is 0 Å². The Morgan fingerprint density at radius 1 is 1.42 bits per heavy atom. The summed E-state index contributed by atoms with van der Waals surface area (Å²) in [6.45, 7) is 6.41. The molecule has 1 amide bonds. The number of hydrogen-bond donors (Lipinski definition) is 2. The van der Waals surface area contributed by atoms with E-state index in [1.807, 2.05) is 26.8 Å². The molecule has 0 radical (unpaired) electrons. The zero-order chi connectivity index (χ0) is 14.0. The first kappa shape index (κ1) is 13.6. The molecule has 0 fully saturated rings. The summed E-state index contributed by atoms with van der Waals surface area (Å²) < 4.78 is 5.59. The zero-order valence-electron chi connectivity index (χ0n) is 11.6. The van der Waals surface area contributed by atoms with E-state index in [9.17, 15) is 4.79 Å². The molecule has 4 nitrogen and oxygen atoms in total. The van der Waals surface area contributed by atoms with E-state index in [2.05, 4.69) is 11.4 Å². The van der Waals surface area contributed by atoms with Gasteiger partial charge in [0.25, 0.3) is 0 Å². The highest BCUT2D eigenvalue weighted by atomic mass is 16.3. The van der Waals surface area contributed by atoms with Gasteiger partial charge in [-0.05, 0) is 31.9 Å². The van der Waals surface area contributed by atoms with Gasteiger partial charge in [-0.2, -0.15) is 0 Å². The minimum Gasteiger partial charge on any atom is -0.464 e. The first-order valence-electron chi connectivity index (χ1n) is 6.48. The van der Waals surface area contributed by atoms with Gasteiger partial charge in [0.2, 0.25) is 5.91 Å². The highest BCUT2D eigenvalue weighted by molar-refractivity contribution is 5.89. The van der Waals surface area contributed by atoms with Crippen LogP contribution in [0.25, 0.3) is 11.0 Å². The molecule has 1 heterocycles. The second kappa shape index (κ2) is 5.45. The van der Waals surface area contributed by atoms with Crippen molar-refractivity contribution < 1.29 is 9.21 Å². The van der Waals surface area contributed by atoms with Crippen LogP contribution in [-0.4, -0.2) is 18.5 Å². The van der Waals surface area contributed by atoms with Gasteiger partial charge in [0.1, 0.15) is 5.58 Å². The molecule has 1 atom stereocenters. The fourth-order valence-electron chi connectivity index (χ4n) is 2.08. The van der Waals surface area contributed by atoms with Crippen molar-refractivity contribution in [1.82, 2.24) is 5.32 Å². The van der Waals surface area contributed by atoms with Crippen LogP contribution in [0.4, 0.5) is 0 Å². The highest BCUT2D eigenvalue weighted by Gasteiger charge is 2.13. The first-order valence-corrected chi connectivity index (χ1v) is 6.48. The summed E-state index contributed by atoms with van der Waals surface area (Å²) in [4.78, 5) is 11.9. The third kappa shape index (κ3) is 2.79. The molecule has 0 aliphatic heterocycles. The zero-order valence-corrected chi connectivity index (χ0v) is 11.6. The van der Waals surface area contributed by atoms with E-state index in [4.69, 9.17) is 10.2 Å². The Morgan fingerprint density at radius 2 is 2.16 bits per heavy atom. The number of furan rings is 1. The number of carbonyl (C=O) groups is 1. The number of amides is 1. The Kier molecular flexibility index (Phi) is 3.90. The molecular weight excluding hydrogens is 240 g/mol. The lowest BCUT2D eigenvalue weighted by atomic mass is 10.0. The minimum absolute atomic E-state index is 0.00496. The third-order valence-electron chi connectivity index (χ3n) is 3.45. The van der Waals surface area contributed by atoms with Gasteiger partial charge in [-0.3, -0.25) is 4.79 Å². The average Bonchev–Trinajstić information content (AvgIpc) is 2.77. The summed E-state index contributed by atoms with van der Waals surface area (Å²) in [5.41, 5.74) is 9.59. The molecule has 2 aromatic rings. The largest absolute Gasteiger partial charge is 0.464 e. The lowest BCUT2D eigenvalue weighted by Gasteiger charge is -2.10. The standard InChI is InChI=1S/C15H20N2O2/c1-9-4-5-13-12(8-19-15(13)11(9)3)6-14(18)17-10(2)7-16/h4-5,8,10H,6-7,16H2,1-3H3,(H,17,18)/t10-/m0/s1. The molecule has 0 saturated heterocycles. The average molecular weight is 260 g/mol. The van der Waals surface area contributed by atoms with Crippen LogP contribution in [0.2, 0.25) is 0 Å². The smallest absolute Gasteiger partial charge is 0.224 e. The maximum atomic E-state index is 11.9. The van der Waals surface area contributed by atoms with E-state index in [1.54, 1.807) is 6.26 Å². The van der Waals surface area contributed by atoms with Crippen LogP contribution in [0, 0.1) is 13.8 Å². The number of carbonyl (C=O) groups excluding carboxylic acids is 1. The SMILES string of the molecule is Cc1ccc2c(CC(=O)N[C@@H](C)CN)coc2c1C. The maximum absolute atomic E-state index is 11.9. The van der Waals surface area contributed by atoms with Crippen molar-refractivity contribution in [3.63, 3.8) is 0 Å². The van der Waals surface area contributed by atoms with Crippen LogP contribution in [0.15, 0.2) is 22.8 Å². The summed E-state index contributed by atoms with van der Waals surface area (Å²) in [6, 6.07) is 4.06. The van der Waals surface area contributed by atoms with Crippen molar-refractivity contribution in [2.24, 2.45) is 5.73 Å². The maximum Gasteiger partial charge on any atom is 0.224 e. The Morgan fingerprint density at radius 3 is 2.84 bits per heavy atom. The van der Waals surface area contributed by atoms with E-state index in [0.29, 0.717) is 13.0 Å². The topological polar surface area (TPSA) is 68.3 Å². The van der Waals surface area contributed by atoms with Crippen molar-refractivity contribution in [3.05, 3.63) is 35.1 Å². The van der Waals surface area contributed by atoms with Crippen molar-refractivity contribution in [2.75, 3.05) is 6.54 Å². The third-order valence-corrected chi connectivity index (χ3v) is 3.45. The molecule has 0 bridgehead atoms. The number of fused-ring (bicyclic) bond motifs is 1. The molecule has 0 unspecified atom stereocenters. The second-order valence-electron chi connectivity index (χ2n) is 5.03. The highest BCUT2D eigenvalue weighted by Crippen LogP contribution is 2.26. The van der Waals surface area contributed by atoms with E-state index in [-0.39, 0.29) is 11.9 Å². The molecular formula is C15H20N2O2. The number of rotatable bonds is 4. The van der Waals surface area contributed by atoms with Gasteiger partial charge in [-0.15, -0.1) is 0 Å². The van der Waals surface area contributed by atoms with Crippen molar-refractivity contribution >= 4 is 16.9 Å². The molecule has 2 rings (SSSR count). The van der Waals surface area contributed by atoms with Crippen LogP contribution in [0.1, 0.15) is 23.6 Å². The quantitative estimate of drug-likeness (QED) is 0.884. The molecule has 1 aromatic carbocycles. The Bertz CT molecular complexity index is 601. The van der Waals surface area contributed by atoms with Gasteiger partial charge in [-0.25, -0.2) is 0 Å². The van der Waals surface area contributed by atoms with E-state index in [1.165, 1.54) is 5.56 Å². The number of hydrogen-bond acceptors (Lipinski definition) is 3. The molecule has 19 heavy (non-hydrogen) atoms. The van der Waals surface area contributed by atoms with Crippen LogP contribution >= 0.6 is 0 Å². The molecule has 0 aliphatic carbocycles. The van der Waals surface area contributed by atoms with Gasteiger partial charge in [0, 0.05) is 23.5 Å². The summed E-state index contributed by atoms with van der Waals surface area (Å²) in [5, 5.41) is 3.87. The van der Waals surface area contributed by atoms with Crippen molar-refractivity contribution in [3.8, 4) is 0 Å². The van der Waals surface area contributed by atoms with Gasteiger partial charge in [0.15, 0.2) is 0 Å². The number of aryl methyl sites for hydroxylation is 2. The minimum atomic E-state index is -0.0288. The molecule has 0 saturated carbocycles. The van der Waals surface area contributed by atoms with Crippen LogP contribution in [-0.2, 0) is 11.2 Å². The predicted octanol–water partition coefficient (Wildman–Crippen LogP) is 2.06. The Labute approximate surface area is 113 Å². The van der Waals surface area contributed by atoms with E-state index in [0.717, 1.165) is 22.1 Å². The lowest BCUT2D eigenvalue weighted by molar-refractivity contribution is -0.120. The van der Waals surface area contributed by atoms with Gasteiger partial charge in [-0.1, -0.05) is 12.1 Å². The first-order chi connectivity index (χ1) is 9.02. The Balaban J connectivity index is 2.22. The van der Waals surface area contributed by atoms with Gasteiger partial charge in [0.05, 0.1) is 12.7 Å². The fourth-order valence-corrected chi connectivity index (χ4v) is 2.08. The normalized spacial score (nSPS) is 12.6. The predicted molar refractivity (Wildman–Crippen MR) is 76.1 cm³/mol. The molecule has 102 valence electrons. The van der Waals surface area contributed by atoms with Crippen LogP contribution in [0.3, 0.4) is 0 Å².